The number of hydrogen-bond acceptors (Lipinski definition) is 1. The Hall–Kier alpha value is -1.64. The second kappa shape index (κ2) is 7.96. The monoisotopic (exact) mass is 446 g/mol. The van der Waals surface area contributed by atoms with Crippen molar-refractivity contribution in [1.29, 1.82) is 0 Å². The van der Waals surface area contributed by atoms with Gasteiger partial charge in [0.25, 0.3) is 0 Å². The van der Waals surface area contributed by atoms with Crippen LogP contribution in [0.1, 0.15) is 23.5 Å². The van der Waals surface area contributed by atoms with E-state index < -0.39 is 11.6 Å². The van der Waals surface area contributed by atoms with Crippen LogP contribution in [0.15, 0.2) is 41.7 Å². The quantitative estimate of drug-likeness (QED) is 0.431. The van der Waals surface area contributed by atoms with Gasteiger partial charge in [-0.1, -0.05) is 6.07 Å². The van der Waals surface area contributed by atoms with Crippen molar-refractivity contribution in [2.45, 2.75) is 24.9 Å². The van der Waals surface area contributed by atoms with Gasteiger partial charge >= 0.3 is 0 Å². The molecule has 0 saturated heterocycles. The number of rotatable bonds is 4. The molecular weight excluding hydrogens is 425 g/mol. The Balaban J connectivity index is 0.00000208. The first-order chi connectivity index (χ1) is 11.1. The zero-order valence-electron chi connectivity index (χ0n) is 13.6. The zero-order valence-corrected chi connectivity index (χ0v) is 15.9. The van der Waals surface area contributed by atoms with Crippen LogP contribution in [0.2, 0.25) is 0 Å². The summed E-state index contributed by atoms with van der Waals surface area (Å²) in [7, 11) is 3.65. The van der Waals surface area contributed by atoms with E-state index in [1.807, 2.05) is 30.1 Å². The molecule has 1 aliphatic carbocycles. The highest BCUT2D eigenvalue weighted by molar-refractivity contribution is 14.0. The third-order valence-electron chi connectivity index (χ3n) is 4.06. The molecule has 0 amide bonds. The van der Waals surface area contributed by atoms with Gasteiger partial charge in [0.15, 0.2) is 5.96 Å². The van der Waals surface area contributed by atoms with Gasteiger partial charge < -0.3 is 15.2 Å². The average molecular weight is 446 g/mol. The Bertz CT molecular complexity index is 709. The second-order valence-corrected chi connectivity index (χ2v) is 5.84. The van der Waals surface area contributed by atoms with Crippen molar-refractivity contribution in [3.05, 3.63) is 59.4 Å². The van der Waals surface area contributed by atoms with Crippen LogP contribution in [0, 0.1) is 11.6 Å². The molecule has 1 aliphatic rings. The molecule has 2 unspecified atom stereocenters. The Labute approximate surface area is 157 Å². The smallest absolute Gasteiger partial charge is 0.191 e. The van der Waals surface area contributed by atoms with E-state index in [1.54, 1.807) is 7.05 Å². The summed E-state index contributed by atoms with van der Waals surface area (Å²) in [5.41, 5.74) is 1.31. The molecule has 1 aromatic carbocycles. The van der Waals surface area contributed by atoms with Crippen molar-refractivity contribution in [1.82, 2.24) is 15.2 Å². The van der Waals surface area contributed by atoms with Crippen LogP contribution >= 0.6 is 24.0 Å². The molecule has 3 rings (SSSR count). The summed E-state index contributed by atoms with van der Waals surface area (Å²) in [4.78, 5) is 4.16. The number of benzene rings is 1. The third-order valence-corrected chi connectivity index (χ3v) is 4.06. The van der Waals surface area contributed by atoms with Crippen LogP contribution in [0.4, 0.5) is 8.78 Å². The Morgan fingerprint density at radius 3 is 2.58 bits per heavy atom. The van der Waals surface area contributed by atoms with Gasteiger partial charge in [0, 0.05) is 50.6 Å². The second-order valence-electron chi connectivity index (χ2n) is 5.84. The normalized spacial score (nSPS) is 19.6. The zero-order chi connectivity index (χ0) is 16.4. The van der Waals surface area contributed by atoms with Gasteiger partial charge in [-0.3, -0.25) is 4.99 Å². The summed E-state index contributed by atoms with van der Waals surface area (Å²) in [6, 6.07) is 6.02. The van der Waals surface area contributed by atoms with Gasteiger partial charge in [0.1, 0.15) is 11.6 Å². The maximum absolute atomic E-state index is 13.8. The van der Waals surface area contributed by atoms with Crippen molar-refractivity contribution in [2.75, 3.05) is 7.05 Å². The third kappa shape index (κ3) is 4.25. The lowest BCUT2D eigenvalue weighted by Crippen LogP contribution is -2.38. The molecule has 2 atom stereocenters. The fourth-order valence-corrected chi connectivity index (χ4v) is 2.76. The summed E-state index contributed by atoms with van der Waals surface area (Å²) in [6.45, 7) is 0.645. The van der Waals surface area contributed by atoms with E-state index in [-0.39, 0.29) is 41.5 Å². The summed E-state index contributed by atoms with van der Waals surface area (Å²) < 4.78 is 29.6. The molecule has 1 fully saturated rings. The van der Waals surface area contributed by atoms with Gasteiger partial charge in [-0.15, -0.1) is 24.0 Å². The summed E-state index contributed by atoms with van der Waals surface area (Å²) >= 11 is 0. The van der Waals surface area contributed by atoms with Gasteiger partial charge in [-0.05, 0) is 30.2 Å². The van der Waals surface area contributed by atoms with Crippen molar-refractivity contribution in [3.63, 3.8) is 0 Å². The van der Waals surface area contributed by atoms with Crippen molar-refractivity contribution in [3.8, 4) is 0 Å². The lowest BCUT2D eigenvalue weighted by molar-refractivity contribution is 0.553. The minimum Gasteiger partial charge on any atom is -0.357 e. The number of guanidine groups is 1. The lowest BCUT2D eigenvalue weighted by atomic mass is 10.1. The lowest BCUT2D eigenvalue weighted by Gasteiger charge is -2.11. The first-order valence-corrected chi connectivity index (χ1v) is 7.60. The number of halogens is 3. The van der Waals surface area contributed by atoms with Crippen LogP contribution < -0.4 is 10.6 Å². The van der Waals surface area contributed by atoms with E-state index in [4.69, 9.17) is 0 Å². The predicted octanol–water partition coefficient (Wildman–Crippen LogP) is 3.14. The Morgan fingerprint density at radius 1 is 1.29 bits per heavy atom. The van der Waals surface area contributed by atoms with Crippen molar-refractivity contribution < 1.29 is 8.78 Å². The van der Waals surface area contributed by atoms with Gasteiger partial charge in [0.2, 0.25) is 0 Å². The molecule has 24 heavy (non-hydrogen) atoms. The first kappa shape index (κ1) is 18.7. The number of aliphatic imine (C=N–C) groups is 1. The van der Waals surface area contributed by atoms with Crippen molar-refractivity contribution in [2.24, 2.45) is 12.0 Å². The standard InChI is InChI=1S/C17H20F2N4.HI/c1-20-17(21-9-11-6-7-23(2)10-11)22-15-8-12(15)16-13(18)4-3-5-14(16)19;/h3-7,10,12,15H,8-9H2,1-2H3,(H2,20,21,22);1H. The molecule has 1 saturated carbocycles. The number of nitrogens with one attached hydrogen (secondary N) is 2. The highest BCUT2D eigenvalue weighted by Crippen LogP contribution is 2.42. The molecule has 2 aromatic rings. The number of aryl methyl sites for hydroxylation is 1. The molecule has 0 bridgehead atoms. The van der Waals surface area contributed by atoms with Crippen LogP contribution in [0.3, 0.4) is 0 Å². The number of aromatic nitrogens is 1. The Morgan fingerprint density at radius 2 is 2.00 bits per heavy atom. The molecule has 2 N–H and O–H groups in total. The maximum Gasteiger partial charge on any atom is 0.191 e. The highest BCUT2D eigenvalue weighted by Gasteiger charge is 2.42. The van der Waals surface area contributed by atoms with Crippen LogP contribution in [-0.4, -0.2) is 23.6 Å². The van der Waals surface area contributed by atoms with Crippen LogP contribution in [0.25, 0.3) is 0 Å². The largest absolute Gasteiger partial charge is 0.357 e. The maximum atomic E-state index is 13.8. The first-order valence-electron chi connectivity index (χ1n) is 7.60. The van der Waals surface area contributed by atoms with Crippen LogP contribution in [-0.2, 0) is 13.6 Å². The molecule has 0 spiro atoms. The van der Waals surface area contributed by atoms with Crippen molar-refractivity contribution >= 4 is 29.9 Å². The minimum absolute atomic E-state index is 0. The predicted molar refractivity (Wildman–Crippen MR) is 102 cm³/mol. The van der Waals surface area contributed by atoms with E-state index in [2.05, 4.69) is 15.6 Å². The molecule has 130 valence electrons. The van der Waals surface area contributed by atoms with Crippen LogP contribution in [0.5, 0.6) is 0 Å². The van der Waals surface area contributed by atoms with Gasteiger partial charge in [-0.25, -0.2) is 8.78 Å². The van der Waals surface area contributed by atoms with E-state index >= 15 is 0 Å². The molecular formula is C17H21F2IN4. The van der Waals surface area contributed by atoms with E-state index in [0.717, 1.165) is 5.56 Å². The summed E-state index contributed by atoms with van der Waals surface area (Å²) in [6.07, 6.45) is 4.70. The molecule has 4 nitrogen and oxygen atoms in total. The molecule has 1 aromatic heterocycles. The molecule has 7 heteroatoms. The Kier molecular flexibility index (Phi) is 6.20. The molecule has 1 heterocycles. The number of nitrogens with zero attached hydrogens (tertiary/aromatic N) is 2. The minimum atomic E-state index is -0.480. The highest BCUT2D eigenvalue weighted by atomic mass is 127. The summed E-state index contributed by atoms with van der Waals surface area (Å²) in [5.74, 6) is -0.470. The fourth-order valence-electron chi connectivity index (χ4n) is 2.76. The van der Waals surface area contributed by atoms with E-state index in [0.29, 0.717) is 18.9 Å². The fraction of sp³-hybridized carbons (Fsp3) is 0.353. The molecule has 0 radical (unpaired) electrons. The molecule has 0 aliphatic heterocycles. The average Bonchev–Trinajstić information content (AvgIpc) is 3.14. The number of hydrogen-bond donors (Lipinski definition) is 2. The van der Waals surface area contributed by atoms with E-state index in [9.17, 15) is 8.78 Å². The van der Waals surface area contributed by atoms with Gasteiger partial charge in [0.05, 0.1) is 0 Å². The summed E-state index contributed by atoms with van der Waals surface area (Å²) in [5, 5.41) is 6.43. The SMILES string of the molecule is CN=C(NCc1ccn(C)c1)NC1CC1c1c(F)cccc1F.I. The van der Waals surface area contributed by atoms with Gasteiger partial charge in [-0.2, -0.15) is 0 Å². The van der Waals surface area contributed by atoms with E-state index in [1.165, 1.54) is 18.2 Å². The topological polar surface area (TPSA) is 41.4 Å².